The van der Waals surface area contributed by atoms with Crippen LogP contribution in [0.15, 0.2) is 43.2 Å². The van der Waals surface area contributed by atoms with Crippen LogP contribution in [0.2, 0.25) is 0 Å². The molecule has 0 unspecified atom stereocenters. The van der Waals surface area contributed by atoms with Gasteiger partial charge in [0.2, 0.25) is 0 Å². The minimum absolute atomic E-state index is 0. The number of hydrogen-bond acceptors (Lipinski definition) is 4. The summed E-state index contributed by atoms with van der Waals surface area (Å²) in [4.78, 5) is 12.3. The summed E-state index contributed by atoms with van der Waals surface area (Å²) in [5, 5.41) is 5.02. The normalized spacial score (nSPS) is 8.09. The summed E-state index contributed by atoms with van der Waals surface area (Å²) in [6.45, 7) is 5.50. The molecule has 0 atom stereocenters. The zero-order valence-electron chi connectivity index (χ0n) is 11.8. The molecular formula is C13H14N5W4-. The first-order valence-corrected chi connectivity index (χ1v) is 5.70. The van der Waals surface area contributed by atoms with E-state index in [1.54, 1.807) is 11.0 Å². The molecule has 0 radical (unpaired) electrons. The predicted octanol–water partition coefficient (Wildman–Crippen LogP) is 2.43. The Morgan fingerprint density at radius 3 is 2.23 bits per heavy atom. The van der Waals surface area contributed by atoms with Crippen LogP contribution < -0.4 is 0 Å². The third-order valence-corrected chi connectivity index (χ3v) is 2.16. The summed E-state index contributed by atoms with van der Waals surface area (Å²) in [7, 11) is 0. The molecule has 3 rings (SSSR count). The molecule has 0 N–H and O–H groups in total. The van der Waals surface area contributed by atoms with E-state index in [0.717, 1.165) is 23.1 Å². The van der Waals surface area contributed by atoms with Gasteiger partial charge >= 0.3 is 0 Å². The van der Waals surface area contributed by atoms with Crippen molar-refractivity contribution < 1.29 is 84.3 Å². The Morgan fingerprint density at radius 2 is 1.64 bits per heavy atom. The summed E-state index contributed by atoms with van der Waals surface area (Å²) in [5.74, 6) is 0.748. The molecule has 0 bridgehead atoms. The van der Waals surface area contributed by atoms with Crippen molar-refractivity contribution in [1.82, 2.24) is 24.7 Å². The van der Waals surface area contributed by atoms with Gasteiger partial charge in [-0.2, -0.15) is 11.5 Å². The van der Waals surface area contributed by atoms with E-state index in [1.165, 1.54) is 12.7 Å². The number of rotatable bonds is 1. The SMILES string of the molecule is [CH2-]CC.[W].[W].[W].[W].c1ccc2c(-n3cncn3)ncnc2c1. The Labute approximate surface area is 187 Å². The van der Waals surface area contributed by atoms with Gasteiger partial charge in [-0.05, 0) is 12.1 Å². The van der Waals surface area contributed by atoms with Gasteiger partial charge in [0, 0.05) is 89.6 Å². The van der Waals surface area contributed by atoms with Crippen LogP contribution >= 0.6 is 0 Å². The Balaban J connectivity index is -0.000000481. The smallest absolute Gasteiger partial charge is 0.166 e. The first kappa shape index (κ1) is 27.3. The number of hydrogen-bond donors (Lipinski definition) is 0. The molecule has 116 valence electrons. The molecular weight excluding hydrogens is 962 g/mol. The summed E-state index contributed by atoms with van der Waals surface area (Å²) in [6, 6.07) is 7.80. The molecule has 0 spiro atoms. The maximum absolute atomic E-state index is 4.20. The third kappa shape index (κ3) is 7.35. The van der Waals surface area contributed by atoms with Crippen molar-refractivity contribution in [1.29, 1.82) is 0 Å². The van der Waals surface area contributed by atoms with Crippen LogP contribution in [0, 0.1) is 6.92 Å². The number of para-hydroxylation sites is 1. The van der Waals surface area contributed by atoms with E-state index < -0.39 is 0 Å². The van der Waals surface area contributed by atoms with Crippen molar-refractivity contribution in [2.75, 3.05) is 0 Å². The van der Waals surface area contributed by atoms with Crippen molar-refractivity contribution in [2.45, 2.75) is 13.3 Å². The number of aromatic nitrogens is 5. The fraction of sp³-hybridized carbons (Fsp3) is 0.154. The van der Waals surface area contributed by atoms with Gasteiger partial charge in [-0.1, -0.05) is 19.1 Å². The molecule has 1 aromatic carbocycles. The van der Waals surface area contributed by atoms with Crippen molar-refractivity contribution in [3.05, 3.63) is 50.2 Å². The molecule has 0 aliphatic rings. The van der Waals surface area contributed by atoms with E-state index in [0.29, 0.717) is 0 Å². The average molecular weight is 976 g/mol. The summed E-state index contributed by atoms with van der Waals surface area (Å²) in [5.41, 5.74) is 0.901. The van der Waals surface area contributed by atoms with Crippen LogP contribution in [0.25, 0.3) is 16.7 Å². The van der Waals surface area contributed by atoms with Crippen LogP contribution in [0.4, 0.5) is 0 Å². The molecule has 2 aromatic heterocycles. The first-order valence-electron chi connectivity index (χ1n) is 5.70. The van der Waals surface area contributed by atoms with Gasteiger partial charge in [0.05, 0.1) is 5.52 Å². The van der Waals surface area contributed by atoms with E-state index in [4.69, 9.17) is 0 Å². The Hall–Kier alpha value is 0.453. The zero-order valence-corrected chi connectivity index (χ0v) is 23.6. The second-order valence-electron chi connectivity index (χ2n) is 3.55. The van der Waals surface area contributed by atoms with Gasteiger partial charge in [-0.15, -0.1) is 0 Å². The maximum atomic E-state index is 4.20. The van der Waals surface area contributed by atoms with E-state index in [-0.39, 0.29) is 84.3 Å². The van der Waals surface area contributed by atoms with Gasteiger partial charge in [0.1, 0.15) is 19.0 Å². The first-order chi connectivity index (χ1) is 8.86. The van der Waals surface area contributed by atoms with Crippen LogP contribution in [-0.2, 0) is 84.3 Å². The molecule has 3 aromatic rings. The number of nitrogens with zero attached hydrogens (tertiary/aromatic N) is 5. The molecule has 0 aliphatic heterocycles. The number of fused-ring (bicyclic) bond motifs is 1. The quantitative estimate of drug-likeness (QED) is 0.353. The Morgan fingerprint density at radius 1 is 1.00 bits per heavy atom. The topological polar surface area (TPSA) is 56.5 Å². The largest absolute Gasteiger partial charge is 0.344 e. The maximum Gasteiger partial charge on any atom is 0.166 e. The van der Waals surface area contributed by atoms with Gasteiger partial charge < -0.3 is 6.92 Å². The molecule has 0 aliphatic carbocycles. The van der Waals surface area contributed by atoms with Crippen molar-refractivity contribution in [3.8, 4) is 5.82 Å². The van der Waals surface area contributed by atoms with Crippen LogP contribution in [0.5, 0.6) is 0 Å². The van der Waals surface area contributed by atoms with Crippen molar-refractivity contribution in [2.24, 2.45) is 0 Å². The summed E-state index contributed by atoms with van der Waals surface area (Å²) >= 11 is 0. The van der Waals surface area contributed by atoms with Gasteiger partial charge in [0.15, 0.2) is 5.82 Å². The predicted molar refractivity (Wildman–Crippen MR) is 70.1 cm³/mol. The van der Waals surface area contributed by atoms with E-state index in [2.05, 4.69) is 27.0 Å². The second-order valence-corrected chi connectivity index (χ2v) is 3.55. The van der Waals surface area contributed by atoms with E-state index >= 15 is 0 Å². The van der Waals surface area contributed by atoms with Crippen molar-refractivity contribution >= 4 is 10.9 Å². The molecule has 0 amide bonds. The van der Waals surface area contributed by atoms with Crippen LogP contribution in [-0.4, -0.2) is 24.7 Å². The Bertz CT molecular complexity index is 613. The molecule has 0 saturated heterocycles. The van der Waals surface area contributed by atoms with Crippen LogP contribution in [0.3, 0.4) is 0 Å². The minimum atomic E-state index is 0. The van der Waals surface area contributed by atoms with Gasteiger partial charge in [-0.25, -0.2) is 19.6 Å². The minimum Gasteiger partial charge on any atom is -0.344 e. The van der Waals surface area contributed by atoms with Gasteiger partial charge in [-0.3, -0.25) is 0 Å². The summed E-state index contributed by atoms with van der Waals surface area (Å²) in [6.07, 6.45) is 5.63. The fourth-order valence-electron chi connectivity index (χ4n) is 1.49. The van der Waals surface area contributed by atoms with Crippen molar-refractivity contribution in [3.63, 3.8) is 0 Å². The zero-order chi connectivity index (χ0) is 12.8. The number of benzene rings is 1. The monoisotopic (exact) mass is 976 g/mol. The second kappa shape index (κ2) is 15.0. The Kier molecular flexibility index (Phi) is 18.6. The van der Waals surface area contributed by atoms with Gasteiger partial charge in [0.25, 0.3) is 0 Å². The molecule has 2 heterocycles. The molecule has 0 fully saturated rings. The molecule has 5 nitrogen and oxygen atoms in total. The van der Waals surface area contributed by atoms with Crippen LogP contribution in [0.1, 0.15) is 13.3 Å². The fourth-order valence-corrected chi connectivity index (χ4v) is 1.49. The van der Waals surface area contributed by atoms with E-state index in [9.17, 15) is 0 Å². The molecule has 0 saturated carbocycles. The van der Waals surface area contributed by atoms with E-state index in [1.807, 2.05) is 31.2 Å². The molecule has 9 heteroatoms. The molecule has 22 heavy (non-hydrogen) atoms. The standard InChI is InChI=1S/C10H7N5.C3H7.4W/c1-2-4-9-8(3-1)10(13-6-12-9)15-7-11-5-14-15;1-3-2;;;;/h1-7H;1,3H2,2H3;;;;/q;-1;;;;. The third-order valence-electron chi connectivity index (χ3n) is 2.16. The summed E-state index contributed by atoms with van der Waals surface area (Å²) < 4.78 is 1.63. The average Bonchev–Trinajstić information content (AvgIpc) is 2.93.